The number of nitrogens with zero attached hydrogens (tertiary/aromatic N) is 1. The average molecular weight is 235 g/mol. The fourth-order valence-electron chi connectivity index (χ4n) is 1.56. The summed E-state index contributed by atoms with van der Waals surface area (Å²) < 4.78 is 17.9. The quantitative estimate of drug-likeness (QED) is 0.869. The van der Waals surface area contributed by atoms with Crippen molar-refractivity contribution in [1.82, 2.24) is 5.16 Å². The van der Waals surface area contributed by atoms with Gasteiger partial charge in [0, 0.05) is 11.6 Å². The predicted octanol–water partition coefficient (Wildman–Crippen LogP) is 2.80. The molecule has 0 spiro atoms. The van der Waals surface area contributed by atoms with Crippen molar-refractivity contribution in [3.8, 4) is 11.3 Å². The van der Waals surface area contributed by atoms with Crippen molar-refractivity contribution >= 4 is 5.97 Å². The molecule has 0 bridgehead atoms. The van der Waals surface area contributed by atoms with Gasteiger partial charge in [-0.15, -0.1) is 0 Å². The average Bonchev–Trinajstić information content (AvgIpc) is 2.72. The molecule has 2 aromatic rings. The van der Waals surface area contributed by atoms with Crippen LogP contribution in [0.15, 0.2) is 22.7 Å². The van der Waals surface area contributed by atoms with Gasteiger partial charge in [0.05, 0.1) is 0 Å². The van der Waals surface area contributed by atoms with Gasteiger partial charge in [0.15, 0.2) is 0 Å². The number of aryl methyl sites for hydroxylation is 2. The van der Waals surface area contributed by atoms with Crippen LogP contribution in [0.2, 0.25) is 0 Å². The fourth-order valence-corrected chi connectivity index (χ4v) is 1.56. The van der Waals surface area contributed by atoms with Crippen molar-refractivity contribution in [3.63, 3.8) is 0 Å². The number of benzene rings is 1. The maximum absolute atomic E-state index is 13.3. The molecule has 1 aromatic heterocycles. The molecule has 0 saturated heterocycles. The Balaban J connectivity index is 2.52. The number of carboxylic acid groups (broad SMARTS) is 1. The Bertz CT molecular complexity index is 589. The van der Waals surface area contributed by atoms with Gasteiger partial charge in [0.1, 0.15) is 11.5 Å². The van der Waals surface area contributed by atoms with Gasteiger partial charge in [-0.3, -0.25) is 0 Å². The van der Waals surface area contributed by atoms with Crippen LogP contribution in [-0.4, -0.2) is 16.2 Å². The van der Waals surface area contributed by atoms with Crippen LogP contribution in [0.5, 0.6) is 0 Å². The van der Waals surface area contributed by atoms with E-state index in [0.29, 0.717) is 22.4 Å². The second-order valence-corrected chi connectivity index (χ2v) is 3.80. The first-order valence-electron chi connectivity index (χ1n) is 4.96. The summed E-state index contributed by atoms with van der Waals surface area (Å²) in [7, 11) is 0. The molecule has 0 aliphatic rings. The van der Waals surface area contributed by atoms with Gasteiger partial charge in [-0.05, 0) is 37.1 Å². The van der Waals surface area contributed by atoms with Crippen LogP contribution >= 0.6 is 0 Å². The summed E-state index contributed by atoms with van der Waals surface area (Å²) in [5, 5.41) is 12.4. The Hall–Kier alpha value is -2.17. The molecule has 0 unspecified atom stereocenters. The third-order valence-electron chi connectivity index (χ3n) is 2.50. The molecule has 0 radical (unpaired) electrons. The molecule has 0 amide bonds. The Labute approximate surface area is 96.7 Å². The number of carboxylic acids is 1. The molecule has 5 heteroatoms. The summed E-state index contributed by atoms with van der Waals surface area (Å²) in [6.45, 7) is 3.36. The van der Waals surface area contributed by atoms with Crippen LogP contribution in [0.4, 0.5) is 4.39 Å². The second kappa shape index (κ2) is 4.01. The van der Waals surface area contributed by atoms with Crippen LogP contribution in [0, 0.1) is 19.7 Å². The lowest BCUT2D eigenvalue weighted by Crippen LogP contribution is -1.92. The van der Waals surface area contributed by atoms with E-state index >= 15 is 0 Å². The topological polar surface area (TPSA) is 63.3 Å². The molecule has 88 valence electrons. The minimum atomic E-state index is -1.18. The van der Waals surface area contributed by atoms with Gasteiger partial charge in [0.25, 0.3) is 0 Å². The summed E-state index contributed by atoms with van der Waals surface area (Å²) in [5.41, 5.74) is 2.21. The molecule has 1 aromatic carbocycles. The van der Waals surface area contributed by atoms with Crippen LogP contribution in [0.3, 0.4) is 0 Å². The molecule has 0 fully saturated rings. The molecule has 0 aliphatic heterocycles. The largest absolute Gasteiger partial charge is 0.475 e. The Morgan fingerprint density at radius 3 is 2.59 bits per heavy atom. The minimum absolute atomic E-state index is 0.235. The van der Waals surface area contributed by atoms with E-state index in [9.17, 15) is 9.18 Å². The van der Waals surface area contributed by atoms with Crippen molar-refractivity contribution in [3.05, 3.63) is 40.9 Å². The standard InChI is InChI=1S/C12H10FNO3/c1-6-4-9(13)7(2)3-8(6)10-5-11(12(15)16)17-14-10/h3-5H,1-2H3,(H,15,16). The van der Waals surface area contributed by atoms with E-state index in [1.165, 1.54) is 12.1 Å². The molecule has 17 heavy (non-hydrogen) atoms. The lowest BCUT2D eigenvalue weighted by Gasteiger charge is -2.04. The van der Waals surface area contributed by atoms with Crippen LogP contribution < -0.4 is 0 Å². The highest BCUT2D eigenvalue weighted by molar-refractivity contribution is 5.85. The monoisotopic (exact) mass is 235 g/mol. The highest BCUT2D eigenvalue weighted by Crippen LogP contribution is 2.25. The Kier molecular flexibility index (Phi) is 2.67. The van der Waals surface area contributed by atoms with Crippen LogP contribution in [-0.2, 0) is 0 Å². The Morgan fingerprint density at radius 1 is 1.29 bits per heavy atom. The summed E-state index contributed by atoms with van der Waals surface area (Å²) in [5.74, 6) is -1.71. The van der Waals surface area contributed by atoms with Gasteiger partial charge < -0.3 is 9.63 Å². The highest BCUT2D eigenvalue weighted by Gasteiger charge is 2.14. The number of hydrogen-bond donors (Lipinski definition) is 1. The third kappa shape index (κ3) is 2.04. The first-order valence-corrected chi connectivity index (χ1v) is 4.96. The van der Waals surface area contributed by atoms with Gasteiger partial charge in [0.2, 0.25) is 5.76 Å². The molecule has 0 saturated carbocycles. The second-order valence-electron chi connectivity index (χ2n) is 3.80. The summed E-state index contributed by atoms with van der Waals surface area (Å²) in [6.07, 6.45) is 0. The number of halogens is 1. The smallest absolute Gasteiger partial charge is 0.374 e. The lowest BCUT2D eigenvalue weighted by atomic mass is 10.0. The summed E-state index contributed by atoms with van der Waals surface area (Å²) in [6, 6.07) is 4.33. The number of rotatable bonds is 2. The number of aromatic nitrogens is 1. The maximum atomic E-state index is 13.3. The van der Waals surface area contributed by atoms with E-state index in [-0.39, 0.29) is 11.6 Å². The van der Waals surface area contributed by atoms with Crippen molar-refractivity contribution < 1.29 is 18.8 Å². The van der Waals surface area contributed by atoms with Crippen molar-refractivity contribution in [1.29, 1.82) is 0 Å². The van der Waals surface area contributed by atoms with E-state index in [1.54, 1.807) is 19.9 Å². The summed E-state index contributed by atoms with van der Waals surface area (Å²) >= 11 is 0. The molecule has 1 N–H and O–H groups in total. The van der Waals surface area contributed by atoms with E-state index in [1.807, 2.05) is 0 Å². The first kappa shape index (κ1) is 11.3. The Morgan fingerprint density at radius 2 is 2.00 bits per heavy atom. The van der Waals surface area contributed by atoms with E-state index in [0.717, 1.165) is 0 Å². The van der Waals surface area contributed by atoms with Gasteiger partial charge in [-0.25, -0.2) is 9.18 Å². The zero-order valence-corrected chi connectivity index (χ0v) is 9.32. The molecule has 4 nitrogen and oxygen atoms in total. The zero-order chi connectivity index (χ0) is 12.6. The number of hydrogen-bond acceptors (Lipinski definition) is 3. The first-order chi connectivity index (χ1) is 7.99. The normalized spacial score (nSPS) is 10.5. The van der Waals surface area contributed by atoms with Crippen molar-refractivity contribution in [2.75, 3.05) is 0 Å². The van der Waals surface area contributed by atoms with Crippen molar-refractivity contribution in [2.24, 2.45) is 0 Å². The molecule has 0 atom stereocenters. The van der Waals surface area contributed by atoms with E-state index in [4.69, 9.17) is 5.11 Å². The SMILES string of the molecule is Cc1cc(-c2cc(C(=O)O)on2)c(C)cc1F. The lowest BCUT2D eigenvalue weighted by molar-refractivity contribution is 0.0652. The highest BCUT2D eigenvalue weighted by atomic mass is 19.1. The molecule has 2 rings (SSSR count). The van der Waals surface area contributed by atoms with Crippen LogP contribution in [0.1, 0.15) is 21.7 Å². The number of carbonyl (C=O) groups is 1. The minimum Gasteiger partial charge on any atom is -0.475 e. The molecular weight excluding hydrogens is 225 g/mol. The van der Waals surface area contributed by atoms with Gasteiger partial charge in [-0.2, -0.15) is 0 Å². The maximum Gasteiger partial charge on any atom is 0.374 e. The van der Waals surface area contributed by atoms with E-state index < -0.39 is 5.97 Å². The van der Waals surface area contributed by atoms with Gasteiger partial charge in [-0.1, -0.05) is 5.16 Å². The van der Waals surface area contributed by atoms with E-state index in [2.05, 4.69) is 9.68 Å². The summed E-state index contributed by atoms with van der Waals surface area (Å²) in [4.78, 5) is 10.7. The van der Waals surface area contributed by atoms with Crippen LogP contribution in [0.25, 0.3) is 11.3 Å². The molecule has 1 heterocycles. The molecular formula is C12H10FNO3. The van der Waals surface area contributed by atoms with Crippen molar-refractivity contribution in [2.45, 2.75) is 13.8 Å². The fraction of sp³-hybridized carbons (Fsp3) is 0.167. The molecule has 0 aliphatic carbocycles. The predicted molar refractivity (Wildman–Crippen MR) is 58.3 cm³/mol. The number of aromatic carboxylic acids is 1. The zero-order valence-electron chi connectivity index (χ0n) is 9.32. The van der Waals surface area contributed by atoms with Gasteiger partial charge >= 0.3 is 5.97 Å². The third-order valence-corrected chi connectivity index (χ3v) is 2.50.